The van der Waals surface area contributed by atoms with Crippen molar-refractivity contribution in [3.8, 4) is 0 Å². The fourth-order valence-electron chi connectivity index (χ4n) is 2.24. The van der Waals surface area contributed by atoms with Crippen LogP contribution in [-0.2, 0) is 14.6 Å². The number of carbonyl (C=O) groups is 2. The summed E-state index contributed by atoms with van der Waals surface area (Å²) in [6.07, 6.45) is 0. The number of anilines is 2. The molecular weight excluding hydrogens is 359 g/mol. The van der Waals surface area contributed by atoms with E-state index in [0.29, 0.717) is 0 Å². The van der Waals surface area contributed by atoms with Crippen LogP contribution in [0.2, 0.25) is 0 Å². The molecule has 0 heterocycles. The highest BCUT2D eigenvalue weighted by Crippen LogP contribution is 2.23. The fraction of sp³-hybridized carbons (Fsp3) is 0.222. The van der Waals surface area contributed by atoms with E-state index >= 15 is 0 Å². The molecule has 0 spiro atoms. The van der Waals surface area contributed by atoms with Crippen LogP contribution in [0.1, 0.15) is 31.1 Å². The van der Waals surface area contributed by atoms with Crippen molar-refractivity contribution in [1.82, 2.24) is 0 Å². The first kappa shape index (κ1) is 19.6. The molecule has 2 N–H and O–H groups in total. The number of carbonyl (C=O) groups excluding carboxylic acids is 2. The highest BCUT2D eigenvalue weighted by molar-refractivity contribution is 7.92. The van der Waals surface area contributed by atoms with E-state index in [1.807, 2.05) is 0 Å². The zero-order valence-electron chi connectivity index (χ0n) is 14.5. The van der Waals surface area contributed by atoms with E-state index in [2.05, 4.69) is 10.6 Å². The molecule has 2 rings (SSSR count). The van der Waals surface area contributed by atoms with E-state index in [0.717, 1.165) is 6.07 Å². The van der Waals surface area contributed by atoms with Crippen molar-refractivity contribution in [2.45, 2.75) is 30.9 Å². The molecule has 0 aliphatic rings. The maximum atomic E-state index is 13.7. The zero-order chi connectivity index (χ0) is 19.5. The van der Waals surface area contributed by atoms with Crippen molar-refractivity contribution in [1.29, 1.82) is 0 Å². The lowest BCUT2D eigenvalue weighted by atomic mass is 10.2. The van der Waals surface area contributed by atoms with Crippen LogP contribution in [0.5, 0.6) is 0 Å². The van der Waals surface area contributed by atoms with Crippen LogP contribution in [0, 0.1) is 5.82 Å². The second kappa shape index (κ2) is 7.65. The number of hydrogen-bond acceptors (Lipinski definition) is 4. The molecule has 0 fully saturated rings. The molecule has 8 heteroatoms. The fourth-order valence-corrected chi connectivity index (χ4v) is 3.49. The van der Waals surface area contributed by atoms with Crippen molar-refractivity contribution in [2.24, 2.45) is 0 Å². The lowest BCUT2D eigenvalue weighted by Crippen LogP contribution is -2.21. The molecule has 0 unspecified atom stereocenters. The van der Waals surface area contributed by atoms with Crippen LogP contribution < -0.4 is 10.6 Å². The van der Waals surface area contributed by atoms with E-state index in [4.69, 9.17) is 0 Å². The minimum Gasteiger partial charge on any atom is -0.324 e. The minimum absolute atomic E-state index is 0.00778. The Morgan fingerprint density at radius 2 is 1.69 bits per heavy atom. The molecule has 0 saturated heterocycles. The van der Waals surface area contributed by atoms with Gasteiger partial charge >= 0.3 is 0 Å². The highest BCUT2D eigenvalue weighted by atomic mass is 32.2. The van der Waals surface area contributed by atoms with Gasteiger partial charge in [-0.1, -0.05) is 12.1 Å². The summed E-state index contributed by atoms with van der Waals surface area (Å²) in [5.74, 6) is -1.76. The van der Waals surface area contributed by atoms with Crippen LogP contribution in [0.25, 0.3) is 0 Å². The van der Waals surface area contributed by atoms with Crippen LogP contribution in [-0.4, -0.2) is 25.5 Å². The standard InChI is InChI=1S/C18H19FN2O4S/c1-11(2)26(24,25)17-7-5-4-6-14(17)18(23)21-13-8-9-15(19)16(10-13)20-12(3)22/h4-11H,1-3H3,(H,20,22)(H,21,23). The Kier molecular flexibility index (Phi) is 5.76. The normalized spacial score (nSPS) is 11.3. The second-order valence-electron chi connectivity index (χ2n) is 5.92. The first-order valence-corrected chi connectivity index (χ1v) is 9.39. The van der Waals surface area contributed by atoms with Gasteiger partial charge in [0.15, 0.2) is 9.84 Å². The van der Waals surface area contributed by atoms with Gasteiger partial charge in [0.05, 0.1) is 21.4 Å². The molecular formula is C18H19FN2O4S. The number of sulfone groups is 1. The number of benzene rings is 2. The number of halogens is 1. The lowest BCUT2D eigenvalue weighted by Gasteiger charge is -2.13. The van der Waals surface area contributed by atoms with Gasteiger partial charge in [0, 0.05) is 12.6 Å². The maximum Gasteiger partial charge on any atom is 0.256 e. The Bertz CT molecular complexity index is 955. The Morgan fingerprint density at radius 3 is 2.31 bits per heavy atom. The van der Waals surface area contributed by atoms with Crippen molar-refractivity contribution in [3.63, 3.8) is 0 Å². The largest absolute Gasteiger partial charge is 0.324 e. The quantitative estimate of drug-likeness (QED) is 0.836. The van der Waals surface area contributed by atoms with Crippen LogP contribution >= 0.6 is 0 Å². The first-order chi connectivity index (χ1) is 12.1. The summed E-state index contributed by atoms with van der Waals surface area (Å²) in [6, 6.07) is 9.55. The summed E-state index contributed by atoms with van der Waals surface area (Å²) in [5, 5.41) is 4.16. The Balaban J connectivity index is 2.37. The predicted molar refractivity (Wildman–Crippen MR) is 97.4 cm³/mol. The highest BCUT2D eigenvalue weighted by Gasteiger charge is 2.25. The van der Waals surface area contributed by atoms with Gasteiger partial charge in [0.25, 0.3) is 5.91 Å². The van der Waals surface area contributed by atoms with E-state index < -0.39 is 32.7 Å². The second-order valence-corrected chi connectivity index (χ2v) is 8.39. The molecule has 0 saturated carbocycles. The molecule has 2 aromatic rings. The zero-order valence-corrected chi connectivity index (χ0v) is 15.4. The SMILES string of the molecule is CC(=O)Nc1cc(NC(=O)c2ccccc2S(=O)(=O)C(C)C)ccc1F. The molecule has 2 aromatic carbocycles. The van der Waals surface area contributed by atoms with E-state index in [-0.39, 0.29) is 21.8 Å². The number of hydrogen-bond donors (Lipinski definition) is 2. The third kappa shape index (κ3) is 4.26. The summed E-state index contributed by atoms with van der Waals surface area (Å²) >= 11 is 0. The molecule has 0 bridgehead atoms. The Labute approximate surface area is 151 Å². The minimum atomic E-state index is -3.65. The van der Waals surface area contributed by atoms with Gasteiger partial charge in [-0.2, -0.15) is 0 Å². The summed E-state index contributed by atoms with van der Waals surface area (Å²) < 4.78 is 38.6. The smallest absolute Gasteiger partial charge is 0.256 e. The van der Waals surface area contributed by atoms with Gasteiger partial charge in [0.1, 0.15) is 5.82 Å². The third-order valence-corrected chi connectivity index (χ3v) is 5.80. The van der Waals surface area contributed by atoms with Gasteiger partial charge in [0.2, 0.25) is 5.91 Å². The Hall–Kier alpha value is -2.74. The van der Waals surface area contributed by atoms with Gasteiger partial charge in [-0.05, 0) is 44.2 Å². The molecule has 0 aromatic heterocycles. The summed E-state index contributed by atoms with van der Waals surface area (Å²) in [4.78, 5) is 23.6. The van der Waals surface area contributed by atoms with Crippen molar-refractivity contribution in [3.05, 3.63) is 53.8 Å². The van der Waals surface area contributed by atoms with Crippen molar-refractivity contribution < 1.29 is 22.4 Å². The summed E-state index contributed by atoms with van der Waals surface area (Å²) in [6.45, 7) is 4.30. The van der Waals surface area contributed by atoms with Gasteiger partial charge in [-0.3, -0.25) is 9.59 Å². The van der Waals surface area contributed by atoms with Crippen molar-refractivity contribution >= 4 is 33.0 Å². The third-order valence-electron chi connectivity index (χ3n) is 3.59. The molecule has 26 heavy (non-hydrogen) atoms. The number of rotatable bonds is 5. The molecule has 0 aliphatic heterocycles. The molecule has 6 nitrogen and oxygen atoms in total. The summed E-state index contributed by atoms with van der Waals surface area (Å²) in [7, 11) is -3.65. The average molecular weight is 378 g/mol. The number of nitrogens with one attached hydrogen (secondary N) is 2. The van der Waals surface area contributed by atoms with Crippen LogP contribution in [0.4, 0.5) is 15.8 Å². The van der Waals surface area contributed by atoms with Crippen molar-refractivity contribution in [2.75, 3.05) is 10.6 Å². The first-order valence-electron chi connectivity index (χ1n) is 7.84. The number of amides is 2. The van der Waals surface area contributed by atoms with E-state index in [1.54, 1.807) is 12.1 Å². The van der Waals surface area contributed by atoms with E-state index in [9.17, 15) is 22.4 Å². The van der Waals surface area contributed by atoms with Gasteiger partial charge < -0.3 is 10.6 Å². The lowest BCUT2D eigenvalue weighted by molar-refractivity contribution is -0.114. The monoisotopic (exact) mass is 378 g/mol. The average Bonchev–Trinajstić information content (AvgIpc) is 2.57. The molecule has 2 amide bonds. The predicted octanol–water partition coefficient (Wildman–Crippen LogP) is 3.22. The van der Waals surface area contributed by atoms with Gasteiger partial charge in [-0.15, -0.1) is 0 Å². The summed E-state index contributed by atoms with van der Waals surface area (Å²) in [5.41, 5.74) is 0.127. The molecule has 0 aliphatic carbocycles. The molecule has 0 radical (unpaired) electrons. The molecule has 0 atom stereocenters. The Morgan fingerprint density at radius 1 is 1.04 bits per heavy atom. The van der Waals surface area contributed by atoms with Gasteiger partial charge in [-0.25, -0.2) is 12.8 Å². The van der Waals surface area contributed by atoms with Crippen LogP contribution in [0.15, 0.2) is 47.4 Å². The van der Waals surface area contributed by atoms with E-state index in [1.165, 1.54) is 45.0 Å². The molecule has 138 valence electrons. The topological polar surface area (TPSA) is 92.3 Å². The maximum absolute atomic E-state index is 13.7. The van der Waals surface area contributed by atoms with Crippen LogP contribution in [0.3, 0.4) is 0 Å².